The summed E-state index contributed by atoms with van der Waals surface area (Å²) >= 11 is 1.27. The van der Waals surface area contributed by atoms with Crippen molar-refractivity contribution in [3.05, 3.63) is 84.5 Å². The molecule has 1 atom stereocenters. The van der Waals surface area contributed by atoms with Crippen LogP contribution in [0, 0.1) is 0 Å². The molecule has 1 aromatic heterocycles. The van der Waals surface area contributed by atoms with Crippen LogP contribution in [-0.4, -0.2) is 38.5 Å². The fraction of sp³-hybridized carbons (Fsp3) is 0.345. The molecule has 0 N–H and O–H groups in total. The third-order valence-electron chi connectivity index (χ3n) is 6.35. The summed E-state index contributed by atoms with van der Waals surface area (Å²) in [5, 5.41) is 0. The van der Waals surface area contributed by atoms with Crippen molar-refractivity contribution >= 4 is 23.4 Å². The summed E-state index contributed by atoms with van der Waals surface area (Å²) in [6.07, 6.45) is 5.01. The summed E-state index contributed by atoms with van der Waals surface area (Å²) in [5.41, 5.74) is 2.12. The van der Waals surface area contributed by atoms with Crippen molar-refractivity contribution < 1.29 is 23.7 Å². The average Bonchev–Trinajstić information content (AvgIpc) is 3.24. The Balaban J connectivity index is 1.79. The molecule has 0 spiro atoms. The Labute approximate surface area is 225 Å². The van der Waals surface area contributed by atoms with E-state index in [0.717, 1.165) is 30.4 Å². The van der Waals surface area contributed by atoms with Crippen LogP contribution in [0.15, 0.2) is 63.5 Å². The number of fused-ring (bicyclic) bond motifs is 1. The van der Waals surface area contributed by atoms with Crippen LogP contribution in [0.5, 0.6) is 17.2 Å². The zero-order valence-corrected chi connectivity index (χ0v) is 23.1. The van der Waals surface area contributed by atoms with Gasteiger partial charge in [0.1, 0.15) is 5.75 Å². The van der Waals surface area contributed by atoms with Crippen LogP contribution in [0.4, 0.5) is 0 Å². The monoisotopic (exact) mass is 536 g/mol. The molecule has 9 heteroatoms. The van der Waals surface area contributed by atoms with Crippen molar-refractivity contribution in [2.24, 2.45) is 4.99 Å². The van der Waals surface area contributed by atoms with Gasteiger partial charge in [-0.25, -0.2) is 9.79 Å². The number of allylic oxidation sites excluding steroid dienone is 1. The van der Waals surface area contributed by atoms with Gasteiger partial charge in [-0.15, -0.1) is 0 Å². The number of unbranched alkanes of at least 4 members (excludes halogenated alkanes) is 2. The molecule has 0 amide bonds. The maximum atomic E-state index is 13.7. The van der Waals surface area contributed by atoms with E-state index in [0.29, 0.717) is 44.5 Å². The zero-order valence-electron chi connectivity index (χ0n) is 22.3. The van der Waals surface area contributed by atoms with Gasteiger partial charge in [-0.1, -0.05) is 49.3 Å². The summed E-state index contributed by atoms with van der Waals surface area (Å²) in [7, 11) is 4.50. The highest BCUT2D eigenvalue weighted by atomic mass is 32.1. The van der Waals surface area contributed by atoms with Gasteiger partial charge in [-0.2, -0.15) is 0 Å². The minimum absolute atomic E-state index is 0.248. The Bertz CT molecular complexity index is 1520. The second-order valence-corrected chi connectivity index (χ2v) is 9.82. The second-order valence-electron chi connectivity index (χ2n) is 8.81. The number of aromatic nitrogens is 1. The molecule has 0 saturated carbocycles. The van der Waals surface area contributed by atoms with Gasteiger partial charge in [0.05, 0.1) is 49.8 Å². The topological polar surface area (TPSA) is 88.4 Å². The highest BCUT2D eigenvalue weighted by Gasteiger charge is 2.33. The molecule has 0 radical (unpaired) electrons. The molecular weight excluding hydrogens is 504 g/mol. The van der Waals surface area contributed by atoms with E-state index in [1.54, 1.807) is 43.9 Å². The third-order valence-corrected chi connectivity index (χ3v) is 7.33. The molecule has 0 fully saturated rings. The van der Waals surface area contributed by atoms with E-state index in [-0.39, 0.29) is 5.56 Å². The number of hydrogen-bond acceptors (Lipinski definition) is 8. The lowest BCUT2D eigenvalue weighted by atomic mass is 9.96. The molecule has 1 aliphatic rings. The number of thiazole rings is 1. The molecular formula is C29H32N2O6S. The first kappa shape index (κ1) is 27.2. The van der Waals surface area contributed by atoms with Crippen LogP contribution in [-0.2, 0) is 9.53 Å². The molecule has 8 nitrogen and oxygen atoms in total. The van der Waals surface area contributed by atoms with Crippen molar-refractivity contribution in [3.8, 4) is 17.2 Å². The fourth-order valence-electron chi connectivity index (χ4n) is 4.37. The summed E-state index contributed by atoms with van der Waals surface area (Å²) in [4.78, 5) is 31.7. The fourth-order valence-corrected chi connectivity index (χ4v) is 5.42. The maximum Gasteiger partial charge on any atom is 0.338 e. The molecule has 3 aromatic rings. The van der Waals surface area contributed by atoms with Crippen LogP contribution >= 0.6 is 11.3 Å². The van der Waals surface area contributed by atoms with Gasteiger partial charge in [0.15, 0.2) is 16.3 Å². The number of rotatable bonds is 10. The van der Waals surface area contributed by atoms with E-state index in [4.69, 9.17) is 18.9 Å². The van der Waals surface area contributed by atoms with E-state index in [9.17, 15) is 9.59 Å². The zero-order chi connectivity index (χ0) is 27.2. The van der Waals surface area contributed by atoms with Gasteiger partial charge < -0.3 is 18.9 Å². The summed E-state index contributed by atoms with van der Waals surface area (Å²) in [6, 6.07) is 12.2. The average molecular weight is 537 g/mol. The summed E-state index contributed by atoms with van der Waals surface area (Å²) < 4.78 is 23.8. The predicted octanol–water partition coefficient (Wildman–Crippen LogP) is 3.99. The van der Waals surface area contributed by atoms with Crippen LogP contribution in [0.2, 0.25) is 0 Å². The van der Waals surface area contributed by atoms with E-state index in [1.165, 1.54) is 18.4 Å². The largest absolute Gasteiger partial charge is 0.497 e. The number of esters is 1. The molecule has 0 bridgehead atoms. The lowest BCUT2D eigenvalue weighted by Crippen LogP contribution is -2.39. The van der Waals surface area contributed by atoms with Gasteiger partial charge >= 0.3 is 5.97 Å². The number of ether oxygens (including phenoxy) is 4. The number of methoxy groups -OCH3 is 3. The van der Waals surface area contributed by atoms with Gasteiger partial charge in [-0.3, -0.25) is 9.36 Å². The molecule has 0 aliphatic carbocycles. The summed E-state index contributed by atoms with van der Waals surface area (Å²) in [5.74, 6) is 1.41. The number of carbonyl (C=O) groups is 1. The SMILES string of the molecule is CCCCCOc1ccc(/C=c2/sc3n(c2=O)[C@@H](c2ccc(OC)cc2)C(C(=O)OC)=C(C)N=3)cc1OC. The van der Waals surface area contributed by atoms with Crippen molar-refractivity contribution in [2.45, 2.75) is 39.2 Å². The molecule has 0 saturated heterocycles. The highest BCUT2D eigenvalue weighted by molar-refractivity contribution is 7.07. The van der Waals surface area contributed by atoms with Crippen molar-refractivity contribution in [1.29, 1.82) is 0 Å². The van der Waals surface area contributed by atoms with E-state index in [2.05, 4.69) is 11.9 Å². The minimum Gasteiger partial charge on any atom is -0.497 e. The predicted molar refractivity (Wildman–Crippen MR) is 147 cm³/mol. The third kappa shape index (κ3) is 5.52. The van der Waals surface area contributed by atoms with E-state index < -0.39 is 12.0 Å². The Hall–Kier alpha value is -3.85. The molecule has 1 aliphatic heterocycles. The molecule has 2 heterocycles. The summed E-state index contributed by atoms with van der Waals surface area (Å²) in [6.45, 7) is 4.52. The first-order valence-electron chi connectivity index (χ1n) is 12.5. The Morgan fingerprint density at radius 3 is 2.47 bits per heavy atom. The quantitative estimate of drug-likeness (QED) is 0.288. The van der Waals surface area contributed by atoms with E-state index >= 15 is 0 Å². The molecule has 0 unspecified atom stereocenters. The smallest absolute Gasteiger partial charge is 0.338 e. The van der Waals surface area contributed by atoms with Crippen molar-refractivity contribution in [1.82, 2.24) is 4.57 Å². The number of hydrogen-bond donors (Lipinski definition) is 0. The number of benzene rings is 2. The van der Waals surface area contributed by atoms with Crippen LogP contribution in [0.25, 0.3) is 6.08 Å². The normalized spacial score (nSPS) is 15.1. The number of nitrogens with zero attached hydrogens (tertiary/aromatic N) is 2. The van der Waals surface area contributed by atoms with Gasteiger partial charge in [-0.05, 0) is 54.8 Å². The molecule has 38 heavy (non-hydrogen) atoms. The van der Waals surface area contributed by atoms with Crippen LogP contribution in [0.1, 0.15) is 50.3 Å². The van der Waals surface area contributed by atoms with Crippen molar-refractivity contribution in [3.63, 3.8) is 0 Å². The number of carbonyl (C=O) groups excluding carboxylic acids is 1. The Kier molecular flexibility index (Phi) is 8.68. The van der Waals surface area contributed by atoms with E-state index in [1.807, 2.05) is 30.3 Å². The minimum atomic E-state index is -0.680. The van der Waals surface area contributed by atoms with Crippen LogP contribution in [0.3, 0.4) is 0 Å². The van der Waals surface area contributed by atoms with Gasteiger partial charge in [0, 0.05) is 0 Å². The highest BCUT2D eigenvalue weighted by Crippen LogP contribution is 2.32. The molecule has 200 valence electrons. The molecule has 4 rings (SSSR count). The first-order chi connectivity index (χ1) is 18.4. The Morgan fingerprint density at radius 2 is 1.82 bits per heavy atom. The lowest BCUT2D eigenvalue weighted by molar-refractivity contribution is -0.136. The second kappa shape index (κ2) is 12.1. The van der Waals surface area contributed by atoms with Gasteiger partial charge in [0.2, 0.25) is 0 Å². The van der Waals surface area contributed by atoms with Crippen molar-refractivity contribution in [2.75, 3.05) is 27.9 Å². The lowest BCUT2D eigenvalue weighted by Gasteiger charge is -2.24. The molecule has 2 aromatic carbocycles. The Morgan fingerprint density at radius 1 is 1.05 bits per heavy atom. The first-order valence-corrected chi connectivity index (χ1v) is 13.3. The standard InChI is InChI=1S/C29H32N2O6S/c1-6-7-8-15-37-22-14-9-19(16-23(22)35-4)17-24-27(32)31-26(20-10-12-21(34-3)13-11-20)25(28(33)36-5)18(2)30-29(31)38-24/h9-14,16-17,26H,6-8,15H2,1-5H3/b24-17+/t26-/m0/s1. The van der Waals surface area contributed by atoms with Crippen LogP contribution < -0.4 is 29.1 Å². The maximum absolute atomic E-state index is 13.7. The van der Waals surface area contributed by atoms with Gasteiger partial charge in [0.25, 0.3) is 5.56 Å².